The lowest BCUT2D eigenvalue weighted by molar-refractivity contribution is -0.396. The van der Waals surface area contributed by atoms with Crippen LogP contribution in [0.25, 0.3) is 0 Å². The first-order chi connectivity index (χ1) is 43.6. The molecule has 0 radical (unpaired) electrons. The first kappa shape index (κ1) is 74.8. The Bertz CT molecular complexity index is 2310. The zero-order valence-corrected chi connectivity index (χ0v) is 48.2. The fraction of sp³-hybridized carbons (Fsp3) is 0.940. The molecular weight excluding hydrogens is 1270 g/mol. The van der Waals surface area contributed by atoms with Crippen LogP contribution in [-0.4, -0.2) is 424 Å². The van der Waals surface area contributed by atoms with Gasteiger partial charge in [0.2, 0.25) is 0 Å². The number of carboxylic acids is 3. The van der Waals surface area contributed by atoms with Crippen molar-refractivity contribution in [3.63, 3.8) is 0 Å². The first-order valence-corrected chi connectivity index (χ1v) is 29.0. The van der Waals surface area contributed by atoms with Gasteiger partial charge in [0, 0.05) is 39.3 Å². The molecule has 0 saturated carbocycles. The minimum atomic E-state index is -2.43. The number of aliphatic hydroxyl groups is 20. The molecule has 532 valence electrons. The van der Waals surface area contributed by atoms with Gasteiger partial charge in [0.25, 0.3) is 0 Å². The Hall–Kier alpha value is -3.03. The van der Waals surface area contributed by atoms with Gasteiger partial charge in [-0.25, -0.2) is 0 Å². The summed E-state index contributed by atoms with van der Waals surface area (Å²) in [4.78, 5) is 36.8. The number of nitrogens with zero attached hydrogens (tertiary/aromatic N) is 2. The van der Waals surface area contributed by atoms with Gasteiger partial charge in [0.05, 0.1) is 57.5 Å². The second kappa shape index (κ2) is 32.6. The van der Waals surface area contributed by atoms with E-state index in [4.69, 9.17) is 66.3 Å². The van der Waals surface area contributed by atoms with Crippen LogP contribution < -0.4 is 15.3 Å². The van der Waals surface area contributed by atoms with Crippen LogP contribution in [-0.2, 0) is 80.7 Å². The predicted octanol–water partition coefficient (Wildman–Crippen LogP) is -20.4. The summed E-state index contributed by atoms with van der Waals surface area (Å²) in [6.45, 7) is -12.0. The maximum absolute atomic E-state index is 12.2. The number of carbonyl (C=O) groups is 3. The van der Waals surface area contributed by atoms with E-state index in [-0.39, 0.29) is 0 Å². The molecule has 35 atom stereocenters. The molecule has 42 heteroatoms. The molecule has 21 heterocycles. The Morgan fingerprint density at radius 1 is 0.250 bits per heavy atom. The van der Waals surface area contributed by atoms with Crippen LogP contribution in [0.3, 0.4) is 0 Å². The van der Waals surface area contributed by atoms with Crippen LogP contribution in [0.15, 0.2) is 0 Å². The summed E-state index contributed by atoms with van der Waals surface area (Å²) in [5.41, 5.74) is 0. The van der Waals surface area contributed by atoms with Gasteiger partial charge in [-0.2, -0.15) is 0 Å². The minimum absolute atomic E-state index is 0.584. The number of rotatable bonds is 17. The van der Waals surface area contributed by atoms with Gasteiger partial charge >= 0.3 is 0 Å². The highest BCUT2D eigenvalue weighted by molar-refractivity contribution is 5.70. The van der Waals surface area contributed by atoms with Crippen molar-refractivity contribution in [1.29, 1.82) is 0 Å². The molecule has 0 amide bonds. The molecule has 21 saturated heterocycles. The smallest absolute Gasteiger partial charge is 0.187 e. The summed E-state index contributed by atoms with van der Waals surface area (Å²) in [5.74, 6) is -5.37. The van der Waals surface area contributed by atoms with E-state index in [9.17, 15) is 132 Å². The Balaban J connectivity index is 1.12. The van der Waals surface area contributed by atoms with Gasteiger partial charge in [0.1, 0.15) is 171 Å². The fourth-order valence-corrected chi connectivity index (χ4v) is 11.9. The van der Waals surface area contributed by atoms with Crippen molar-refractivity contribution in [2.24, 2.45) is 0 Å². The van der Waals surface area contributed by atoms with Gasteiger partial charge in [-0.05, 0) is 0 Å². The van der Waals surface area contributed by atoms with Gasteiger partial charge in [-0.1, -0.05) is 0 Å². The third-order valence-electron chi connectivity index (χ3n) is 16.8. The molecule has 0 aliphatic carbocycles. The third kappa shape index (κ3) is 16.4. The lowest BCUT2D eigenvalue weighted by Crippen LogP contribution is -2.68. The standard InChI is InChI=1S/C50H82N2O40/c53-7-14-38-25(67)32(74)46(81-14)89-40-16(9-55)83-48(34(76)27(40)69)91-42-18(11-57)85-50(36(78)29(42)71)92-43-19(12-58)84-49(35(77)28(43)70)90-41-17(10-56)82-47(33(75)26(41)68)88-39-15(8-54)80-45(31(73)24(39)66)86-37-13(79-44(87-38)30(72)23(37)65)3-51(4-20(59)60)1-2-52(5-21(61)62)6-22(63)64/h13-19,23-50,53-58,65-78H,1-12H2,(H,59,60)(H,61,62)(H,63,64)/p-3/t13-,14-,15-,16-,17-,18-,19-,23-,24-,25-,26-,27-,28-,29-,30-,31-,32-,33-,34-,35-,36-,37-,38-,39-,40-,41-,42-,43-,44-,45-,46-,47-,48-,49-,50-/m1/s1. The molecule has 0 aromatic heterocycles. The quantitative estimate of drug-likeness (QED) is 0.0643. The zero-order chi connectivity index (χ0) is 67.5. The molecule has 0 aromatic carbocycles. The van der Waals surface area contributed by atoms with Crippen LogP contribution in [0.1, 0.15) is 0 Å². The summed E-state index contributed by atoms with van der Waals surface area (Å²) in [6, 6.07) is 0. The Morgan fingerprint density at radius 3 is 0.598 bits per heavy atom. The summed E-state index contributed by atoms with van der Waals surface area (Å²) in [5, 5.41) is 259. The first-order valence-electron chi connectivity index (χ1n) is 29.0. The van der Waals surface area contributed by atoms with Crippen molar-refractivity contribution in [2.75, 3.05) is 78.9 Å². The largest absolute Gasteiger partial charge is 0.549 e. The molecule has 0 unspecified atom stereocenters. The fourth-order valence-electron chi connectivity index (χ4n) is 11.9. The van der Waals surface area contributed by atoms with Gasteiger partial charge in [-0.15, -0.1) is 0 Å². The average Bonchev–Trinajstić information content (AvgIpc) is 0.792. The highest BCUT2D eigenvalue weighted by Gasteiger charge is 2.60. The van der Waals surface area contributed by atoms with E-state index >= 15 is 0 Å². The molecule has 0 aromatic rings. The molecule has 21 rings (SSSR count). The van der Waals surface area contributed by atoms with E-state index < -0.39 is 312 Å². The SMILES string of the molecule is O=C([O-])CN(CCN(CC(=O)[O-])C[C@H]1O[C@@H]2O[C@H]3[C@H](O)[C@@H](O)[C@@H](O[C@H]4[C@H](O)[C@@H](O)[C@@H](O[C@H]5[C@H](O)[C@@H](O)[C@@H](O[C@H]6[C@H](O)[C@@H](O)[C@@H](O[C@H]7[C@H](O)[C@@H](O)[C@@H](O[C@H]8[C@H](O)[C@@H](O)[C@@H](O[C@H]1[C@H](O)[C@H]2O)O[C@@H]8CO)O[C@@H]7CO)O[C@@H]6CO)O[C@@H]5CO)O[C@@H]4CO)O[C@@H]3CO)CC(=O)[O-]. The Morgan fingerprint density at radius 2 is 0.413 bits per heavy atom. The lowest BCUT2D eigenvalue weighted by Gasteiger charge is -2.50. The minimum Gasteiger partial charge on any atom is -0.549 e. The summed E-state index contributed by atoms with van der Waals surface area (Å²) < 4.78 is 80.6. The maximum Gasteiger partial charge on any atom is 0.187 e. The second-order valence-electron chi connectivity index (χ2n) is 23.0. The lowest BCUT2D eigenvalue weighted by atomic mass is 9.95. The summed E-state index contributed by atoms with van der Waals surface area (Å²) in [7, 11) is 0. The number of aliphatic hydroxyl groups excluding tert-OH is 20. The van der Waals surface area contributed by atoms with Gasteiger partial charge in [-0.3, -0.25) is 9.80 Å². The average molecular weight is 1350 g/mol. The number of carboxylic acid groups (broad SMARTS) is 3. The van der Waals surface area contributed by atoms with E-state index in [1.165, 1.54) is 0 Å². The predicted molar refractivity (Wildman–Crippen MR) is 269 cm³/mol. The molecule has 20 N–H and O–H groups in total. The van der Waals surface area contributed by atoms with Crippen molar-refractivity contribution in [3.8, 4) is 0 Å². The Labute approximate surface area is 518 Å². The van der Waals surface area contributed by atoms with Gasteiger partial charge < -0.3 is 198 Å². The van der Waals surface area contributed by atoms with Crippen molar-refractivity contribution < 1.29 is 198 Å². The number of carbonyl (C=O) groups excluding carboxylic acids is 3. The summed E-state index contributed by atoms with van der Waals surface area (Å²) in [6.07, 6.45) is -74.7. The number of aliphatic carboxylic acids is 3. The van der Waals surface area contributed by atoms with E-state index in [0.29, 0.717) is 0 Å². The number of ether oxygens (including phenoxy) is 14. The highest BCUT2D eigenvalue weighted by Crippen LogP contribution is 2.39. The van der Waals surface area contributed by atoms with Crippen molar-refractivity contribution in [3.05, 3.63) is 0 Å². The maximum atomic E-state index is 12.2. The second-order valence-corrected chi connectivity index (χ2v) is 23.0. The van der Waals surface area contributed by atoms with Crippen molar-refractivity contribution >= 4 is 17.9 Å². The molecule has 42 nitrogen and oxygen atoms in total. The van der Waals surface area contributed by atoms with Crippen molar-refractivity contribution in [1.82, 2.24) is 9.80 Å². The number of hydrogen-bond donors (Lipinski definition) is 20. The third-order valence-corrected chi connectivity index (χ3v) is 16.8. The van der Waals surface area contributed by atoms with Crippen LogP contribution in [0.4, 0.5) is 0 Å². The van der Waals surface area contributed by atoms with Crippen LogP contribution in [0.5, 0.6) is 0 Å². The van der Waals surface area contributed by atoms with E-state index in [0.717, 1.165) is 9.80 Å². The van der Waals surface area contributed by atoms with Crippen LogP contribution in [0, 0.1) is 0 Å². The van der Waals surface area contributed by atoms with Crippen LogP contribution >= 0.6 is 0 Å². The molecule has 14 bridgehead atoms. The van der Waals surface area contributed by atoms with E-state index in [1.54, 1.807) is 0 Å². The van der Waals surface area contributed by atoms with E-state index in [2.05, 4.69) is 0 Å². The van der Waals surface area contributed by atoms with Crippen LogP contribution in [0.2, 0.25) is 0 Å². The molecule has 92 heavy (non-hydrogen) atoms. The van der Waals surface area contributed by atoms with Gasteiger partial charge in [0.15, 0.2) is 44.0 Å². The molecular formula is C50H79N2O40-3. The number of hydrogen-bond acceptors (Lipinski definition) is 42. The molecule has 21 fully saturated rings. The normalized spacial score (nSPS) is 48.3. The Kier molecular flexibility index (Phi) is 26.5. The molecule has 21 aliphatic rings. The molecule has 21 aliphatic heterocycles. The molecule has 0 spiro atoms. The highest BCUT2D eigenvalue weighted by atomic mass is 16.8. The topological polar surface area (TPSA) is 661 Å². The monoisotopic (exact) mass is 1350 g/mol. The van der Waals surface area contributed by atoms with E-state index in [1.807, 2.05) is 0 Å². The summed E-state index contributed by atoms with van der Waals surface area (Å²) >= 11 is 0. The zero-order valence-electron chi connectivity index (χ0n) is 48.2. The van der Waals surface area contributed by atoms with Crippen molar-refractivity contribution in [2.45, 2.75) is 215 Å².